The molecule has 0 radical (unpaired) electrons. The third kappa shape index (κ3) is 3.96. The highest BCUT2D eigenvalue weighted by Gasteiger charge is 2.24. The minimum absolute atomic E-state index is 0.0262. The van der Waals surface area contributed by atoms with Crippen molar-refractivity contribution in [1.29, 1.82) is 0 Å². The molecule has 0 fully saturated rings. The fraction of sp³-hybridized carbons (Fsp3) is 0.174. The summed E-state index contributed by atoms with van der Waals surface area (Å²) in [5.74, 6) is 0.495. The van der Waals surface area contributed by atoms with Gasteiger partial charge in [0.2, 0.25) is 0 Å². The number of hydrogen-bond donors (Lipinski definition) is 1. The average molecular weight is 388 g/mol. The number of aromatic nitrogens is 1. The van der Waals surface area contributed by atoms with Crippen LogP contribution in [0.1, 0.15) is 33.2 Å². The van der Waals surface area contributed by atoms with Crippen molar-refractivity contribution < 1.29 is 19.1 Å². The predicted octanol–water partition coefficient (Wildman–Crippen LogP) is 2.92. The number of ether oxygens (including phenoxy) is 1. The Kier molecular flexibility index (Phi) is 4.99. The standard InChI is InChI=1S/C23H20N2O4/c1-15(26)20-6-2-3-7-21(20)16-8-9-22-18(11-16)12-19(29-22)13-24-23(27)17-5-4-10-25(28)14-17/h2-11,14,19H,12-13H2,1H3,(H,24,27)/t19-/m1/s1. The topological polar surface area (TPSA) is 82.3 Å². The molecule has 0 spiro atoms. The average Bonchev–Trinajstić information content (AvgIpc) is 3.14. The normalized spacial score (nSPS) is 14.7. The molecule has 1 amide bonds. The van der Waals surface area contributed by atoms with Crippen LogP contribution in [-0.4, -0.2) is 24.3 Å². The Bertz CT molecular complexity index is 1090. The largest absolute Gasteiger partial charge is 0.619 e. The molecule has 0 aliphatic carbocycles. The molecule has 3 aromatic rings. The zero-order valence-electron chi connectivity index (χ0n) is 15.9. The maximum Gasteiger partial charge on any atom is 0.257 e. The minimum atomic E-state index is -0.314. The second-order valence-corrected chi connectivity index (χ2v) is 7.03. The maximum atomic E-state index is 12.2. The Morgan fingerprint density at radius 1 is 1.17 bits per heavy atom. The SMILES string of the molecule is CC(=O)c1ccccc1-c1ccc2c(c1)C[C@H](CNC(=O)c1ccc[n+]([O-])c1)O2. The van der Waals surface area contributed by atoms with Crippen molar-refractivity contribution in [3.05, 3.63) is 88.9 Å². The van der Waals surface area contributed by atoms with Crippen LogP contribution in [0.25, 0.3) is 11.1 Å². The number of nitrogens with one attached hydrogen (secondary N) is 1. The molecule has 29 heavy (non-hydrogen) atoms. The number of carbonyl (C=O) groups excluding carboxylic acids is 2. The lowest BCUT2D eigenvalue weighted by atomic mass is 9.95. The molecule has 146 valence electrons. The number of fused-ring (bicyclic) bond motifs is 1. The number of rotatable bonds is 5. The molecular formula is C23H20N2O4. The highest BCUT2D eigenvalue weighted by molar-refractivity contribution is 6.00. The Morgan fingerprint density at radius 3 is 2.79 bits per heavy atom. The van der Waals surface area contributed by atoms with E-state index in [2.05, 4.69) is 5.32 Å². The number of carbonyl (C=O) groups is 2. The molecule has 1 aliphatic rings. The van der Waals surface area contributed by atoms with Gasteiger partial charge in [0.05, 0.1) is 6.54 Å². The Hall–Kier alpha value is -3.67. The van der Waals surface area contributed by atoms with Crippen molar-refractivity contribution in [3.63, 3.8) is 0 Å². The molecular weight excluding hydrogens is 368 g/mol. The minimum Gasteiger partial charge on any atom is -0.619 e. The van der Waals surface area contributed by atoms with E-state index in [0.29, 0.717) is 28.8 Å². The van der Waals surface area contributed by atoms with E-state index >= 15 is 0 Å². The number of Topliss-reactive ketones (excluding diaryl/α,β-unsaturated/α-hetero) is 1. The summed E-state index contributed by atoms with van der Waals surface area (Å²) in [6, 6.07) is 16.5. The van der Waals surface area contributed by atoms with Crippen LogP contribution in [0.15, 0.2) is 67.0 Å². The molecule has 6 nitrogen and oxygen atoms in total. The van der Waals surface area contributed by atoms with Crippen molar-refractivity contribution >= 4 is 11.7 Å². The van der Waals surface area contributed by atoms with Gasteiger partial charge in [-0.1, -0.05) is 30.3 Å². The Balaban J connectivity index is 1.45. The molecule has 0 bridgehead atoms. The van der Waals surface area contributed by atoms with Crippen molar-refractivity contribution in [2.75, 3.05) is 6.54 Å². The van der Waals surface area contributed by atoms with E-state index in [0.717, 1.165) is 22.4 Å². The summed E-state index contributed by atoms with van der Waals surface area (Å²) < 4.78 is 6.53. The number of nitrogens with zero attached hydrogens (tertiary/aromatic N) is 1. The summed E-state index contributed by atoms with van der Waals surface area (Å²) in [6.45, 7) is 1.90. The molecule has 6 heteroatoms. The Morgan fingerprint density at radius 2 is 2.00 bits per heavy atom. The van der Waals surface area contributed by atoms with Crippen LogP contribution in [0.2, 0.25) is 0 Å². The third-order valence-electron chi connectivity index (χ3n) is 4.95. The second kappa shape index (κ2) is 7.75. The van der Waals surface area contributed by atoms with Gasteiger partial charge in [0.15, 0.2) is 18.2 Å². The molecule has 0 saturated heterocycles. The van der Waals surface area contributed by atoms with Crippen molar-refractivity contribution in [2.24, 2.45) is 0 Å². The first-order valence-electron chi connectivity index (χ1n) is 9.38. The van der Waals surface area contributed by atoms with Gasteiger partial charge in [0, 0.05) is 18.1 Å². The molecule has 0 saturated carbocycles. The van der Waals surface area contributed by atoms with Gasteiger partial charge in [-0.2, -0.15) is 4.73 Å². The maximum absolute atomic E-state index is 12.2. The summed E-state index contributed by atoms with van der Waals surface area (Å²) in [7, 11) is 0. The number of hydrogen-bond acceptors (Lipinski definition) is 4. The van der Waals surface area contributed by atoms with E-state index in [-0.39, 0.29) is 17.8 Å². The summed E-state index contributed by atoms with van der Waals surface area (Å²) in [6.07, 6.45) is 3.03. The summed E-state index contributed by atoms with van der Waals surface area (Å²) in [5, 5.41) is 14.1. The van der Waals surface area contributed by atoms with E-state index in [4.69, 9.17) is 4.74 Å². The third-order valence-corrected chi connectivity index (χ3v) is 4.95. The van der Waals surface area contributed by atoms with E-state index in [1.54, 1.807) is 13.0 Å². The number of ketones is 1. The first-order chi connectivity index (χ1) is 14.0. The van der Waals surface area contributed by atoms with Crippen LogP contribution >= 0.6 is 0 Å². The van der Waals surface area contributed by atoms with Crippen LogP contribution in [0, 0.1) is 5.21 Å². The lowest BCUT2D eigenvalue weighted by molar-refractivity contribution is -0.605. The fourth-order valence-electron chi connectivity index (χ4n) is 3.54. The second-order valence-electron chi connectivity index (χ2n) is 7.03. The van der Waals surface area contributed by atoms with Crippen LogP contribution < -0.4 is 14.8 Å². The van der Waals surface area contributed by atoms with Crippen LogP contribution in [0.4, 0.5) is 0 Å². The van der Waals surface area contributed by atoms with Gasteiger partial charge in [0.25, 0.3) is 5.91 Å². The van der Waals surface area contributed by atoms with Gasteiger partial charge in [-0.25, -0.2) is 0 Å². The van der Waals surface area contributed by atoms with Crippen LogP contribution in [0.3, 0.4) is 0 Å². The highest BCUT2D eigenvalue weighted by atomic mass is 16.5. The van der Waals surface area contributed by atoms with Gasteiger partial charge in [-0.05, 0) is 41.8 Å². The number of benzene rings is 2. The van der Waals surface area contributed by atoms with E-state index in [1.165, 1.54) is 18.5 Å². The van der Waals surface area contributed by atoms with E-state index in [1.807, 2.05) is 42.5 Å². The number of pyridine rings is 1. The Labute approximate surface area is 168 Å². The smallest absolute Gasteiger partial charge is 0.257 e. The van der Waals surface area contributed by atoms with Gasteiger partial charge in [-0.3, -0.25) is 9.59 Å². The molecule has 2 aromatic carbocycles. The lowest BCUT2D eigenvalue weighted by Gasteiger charge is -2.11. The summed E-state index contributed by atoms with van der Waals surface area (Å²) >= 11 is 0. The van der Waals surface area contributed by atoms with Crippen LogP contribution in [0.5, 0.6) is 5.75 Å². The van der Waals surface area contributed by atoms with E-state index < -0.39 is 0 Å². The molecule has 2 heterocycles. The molecule has 0 unspecified atom stereocenters. The lowest BCUT2D eigenvalue weighted by Crippen LogP contribution is -2.36. The van der Waals surface area contributed by atoms with Crippen molar-refractivity contribution in [1.82, 2.24) is 5.32 Å². The molecule has 1 aliphatic heterocycles. The quantitative estimate of drug-likeness (QED) is 0.414. The monoisotopic (exact) mass is 388 g/mol. The van der Waals surface area contributed by atoms with Gasteiger partial charge in [-0.15, -0.1) is 0 Å². The molecule has 1 atom stereocenters. The summed E-state index contributed by atoms with van der Waals surface area (Å²) in [5.41, 5.74) is 3.90. The predicted molar refractivity (Wildman–Crippen MR) is 108 cm³/mol. The zero-order chi connectivity index (χ0) is 20.4. The van der Waals surface area contributed by atoms with E-state index in [9.17, 15) is 14.8 Å². The fourth-order valence-corrected chi connectivity index (χ4v) is 3.54. The van der Waals surface area contributed by atoms with Gasteiger partial charge >= 0.3 is 0 Å². The molecule has 4 rings (SSSR count). The van der Waals surface area contributed by atoms with Crippen molar-refractivity contribution in [3.8, 4) is 16.9 Å². The van der Waals surface area contributed by atoms with Gasteiger partial charge in [0.1, 0.15) is 17.4 Å². The van der Waals surface area contributed by atoms with Crippen LogP contribution in [-0.2, 0) is 6.42 Å². The highest BCUT2D eigenvalue weighted by Crippen LogP contribution is 2.34. The molecule has 1 N–H and O–H groups in total. The first-order valence-corrected chi connectivity index (χ1v) is 9.38. The molecule has 1 aromatic heterocycles. The first kappa shape index (κ1) is 18.7. The van der Waals surface area contributed by atoms with Gasteiger partial charge < -0.3 is 15.3 Å². The summed E-state index contributed by atoms with van der Waals surface area (Å²) in [4.78, 5) is 24.1. The number of amides is 1. The van der Waals surface area contributed by atoms with Crippen molar-refractivity contribution in [2.45, 2.75) is 19.4 Å². The zero-order valence-corrected chi connectivity index (χ0v) is 15.9.